The van der Waals surface area contributed by atoms with E-state index in [1.54, 1.807) is 0 Å². The third kappa shape index (κ3) is 1.06. The Bertz CT molecular complexity index is 378. The molecule has 3 amide bonds. The van der Waals surface area contributed by atoms with Crippen molar-refractivity contribution in [3.05, 3.63) is 11.0 Å². The van der Waals surface area contributed by atoms with Gasteiger partial charge in [0.25, 0.3) is 22.7 Å². The Morgan fingerprint density at radius 3 is 3.00 bits per heavy atom. The number of fused-ring (bicyclic) bond motifs is 2. The summed E-state index contributed by atoms with van der Waals surface area (Å²) in [6.07, 6.45) is 1.49. The lowest BCUT2D eigenvalue weighted by Gasteiger charge is -2.34. The van der Waals surface area contributed by atoms with Crippen LogP contribution in [0.25, 0.3) is 0 Å². The molecule has 1 fully saturated rings. The van der Waals surface area contributed by atoms with E-state index in [4.69, 9.17) is 10.5 Å². The Hall–Kier alpha value is -1.34. The zero-order valence-electron chi connectivity index (χ0n) is 6.90. The molecule has 1 atom stereocenters. The van der Waals surface area contributed by atoms with Crippen molar-refractivity contribution in [2.24, 2.45) is 5.73 Å². The van der Waals surface area contributed by atoms with Gasteiger partial charge in [-0.1, -0.05) is 11.8 Å². The number of carbonyl (C=O) groups excluding carboxylic acids is 3. The zero-order valence-corrected chi connectivity index (χ0v) is 7.72. The van der Waals surface area contributed by atoms with Crippen LogP contribution in [0, 0.1) is 0 Å². The third-order valence-corrected chi connectivity index (χ3v) is 3.25. The molecule has 2 bridgehead atoms. The molecule has 0 aliphatic carbocycles. The summed E-state index contributed by atoms with van der Waals surface area (Å²) in [4.78, 5) is 32.1. The van der Waals surface area contributed by atoms with Crippen LogP contribution in [-0.4, -0.2) is 29.3 Å². The number of carbonyl (C=O) groups is 3. The van der Waals surface area contributed by atoms with E-state index in [0.717, 1.165) is 11.8 Å². The van der Waals surface area contributed by atoms with Crippen LogP contribution in [0.3, 0.4) is 0 Å². The molecule has 2 heterocycles. The topological polar surface area (TPSA) is 98.5 Å². The summed E-state index contributed by atoms with van der Waals surface area (Å²) in [5, 5.41) is 2.01. The number of hydrogen-bond acceptors (Lipinski definition) is 5. The molecule has 0 radical (unpaired) electrons. The molecule has 0 saturated carbocycles. The van der Waals surface area contributed by atoms with Crippen LogP contribution in [0.1, 0.15) is 0 Å². The lowest BCUT2D eigenvalue weighted by atomic mass is 10.2. The van der Waals surface area contributed by atoms with E-state index in [-0.39, 0.29) is 11.5 Å². The monoisotopic (exact) mass is 214 g/mol. The van der Waals surface area contributed by atoms with Crippen LogP contribution in [-0.2, 0) is 19.1 Å². The molecule has 0 spiro atoms. The largest absolute Gasteiger partial charge is 0.366 e. The molecule has 74 valence electrons. The minimum Gasteiger partial charge on any atom is -0.366 e. The fourth-order valence-electron chi connectivity index (χ4n) is 1.19. The average molecular weight is 214 g/mol. The van der Waals surface area contributed by atoms with Crippen molar-refractivity contribution in [3.63, 3.8) is 0 Å². The molecule has 7 heteroatoms. The predicted octanol–water partition coefficient (Wildman–Crippen LogP) is -1.53. The van der Waals surface area contributed by atoms with E-state index in [0.29, 0.717) is 0 Å². The quantitative estimate of drug-likeness (QED) is 0.407. The van der Waals surface area contributed by atoms with Crippen molar-refractivity contribution < 1.29 is 19.1 Å². The molecule has 2 aliphatic heterocycles. The molecule has 6 nitrogen and oxygen atoms in total. The molecule has 1 saturated heterocycles. The van der Waals surface area contributed by atoms with Gasteiger partial charge in [-0.2, -0.15) is 0 Å². The Labute approximate surface area is 82.8 Å². The van der Waals surface area contributed by atoms with Gasteiger partial charge in [0, 0.05) is 0 Å². The SMILES string of the molecule is NC(=O)C12OCC=C(S1)C(=O)NC2=O. The van der Waals surface area contributed by atoms with Crippen molar-refractivity contribution in [3.8, 4) is 0 Å². The summed E-state index contributed by atoms with van der Waals surface area (Å²) in [6, 6.07) is 0. The second kappa shape index (κ2) is 2.82. The number of primary amides is 1. The Morgan fingerprint density at radius 1 is 1.64 bits per heavy atom. The van der Waals surface area contributed by atoms with Crippen molar-refractivity contribution >= 4 is 29.5 Å². The number of rotatable bonds is 1. The standard InChI is InChI=1S/C7H6N2O4S/c8-5(11)7-6(12)9-4(10)3(14-7)1-2-13-7/h1H,2H2,(H2,8,11)(H,9,10,12). The first kappa shape index (κ1) is 9.22. The van der Waals surface area contributed by atoms with Gasteiger partial charge in [0.2, 0.25) is 0 Å². The minimum atomic E-state index is -1.77. The van der Waals surface area contributed by atoms with E-state index in [2.05, 4.69) is 0 Å². The van der Waals surface area contributed by atoms with E-state index in [1.807, 2.05) is 5.32 Å². The normalized spacial score (nSPS) is 30.7. The van der Waals surface area contributed by atoms with Crippen LogP contribution in [0.5, 0.6) is 0 Å². The second-order valence-corrected chi connectivity index (χ2v) is 3.96. The second-order valence-electron chi connectivity index (χ2n) is 2.75. The van der Waals surface area contributed by atoms with Gasteiger partial charge in [-0.3, -0.25) is 19.7 Å². The highest BCUT2D eigenvalue weighted by molar-refractivity contribution is 8.06. The first-order valence-corrected chi connectivity index (χ1v) is 4.57. The highest BCUT2D eigenvalue weighted by Crippen LogP contribution is 2.39. The van der Waals surface area contributed by atoms with Crippen LogP contribution in [0.4, 0.5) is 0 Å². The number of ether oxygens (including phenoxy) is 1. The lowest BCUT2D eigenvalue weighted by Crippen LogP contribution is -2.61. The van der Waals surface area contributed by atoms with E-state index >= 15 is 0 Å². The van der Waals surface area contributed by atoms with Crippen LogP contribution in [0.2, 0.25) is 0 Å². The van der Waals surface area contributed by atoms with Gasteiger partial charge >= 0.3 is 0 Å². The maximum atomic E-state index is 11.4. The lowest BCUT2D eigenvalue weighted by molar-refractivity contribution is -0.149. The van der Waals surface area contributed by atoms with Crippen LogP contribution >= 0.6 is 11.8 Å². The highest BCUT2D eigenvalue weighted by atomic mass is 32.2. The average Bonchev–Trinajstić information content (AvgIpc) is 2.15. The fourth-order valence-corrected chi connectivity index (χ4v) is 2.17. The smallest absolute Gasteiger partial charge is 0.280 e. The molecule has 3 N–H and O–H groups in total. The molecular weight excluding hydrogens is 208 g/mol. The Morgan fingerprint density at radius 2 is 2.36 bits per heavy atom. The highest BCUT2D eigenvalue weighted by Gasteiger charge is 2.54. The number of thioether (sulfide) groups is 1. The predicted molar refractivity (Wildman–Crippen MR) is 46.7 cm³/mol. The van der Waals surface area contributed by atoms with Gasteiger partial charge in [0.1, 0.15) is 0 Å². The zero-order chi connectivity index (χ0) is 10.3. The summed E-state index contributed by atoms with van der Waals surface area (Å²) in [7, 11) is 0. The molecule has 14 heavy (non-hydrogen) atoms. The van der Waals surface area contributed by atoms with Gasteiger partial charge in [0.05, 0.1) is 11.5 Å². The number of nitrogens with two attached hydrogens (primary N) is 1. The Balaban J connectivity index is 2.46. The van der Waals surface area contributed by atoms with Crippen LogP contribution in [0.15, 0.2) is 11.0 Å². The summed E-state index contributed by atoms with van der Waals surface area (Å²) in [5.41, 5.74) is 5.06. The van der Waals surface area contributed by atoms with Gasteiger partial charge < -0.3 is 10.5 Å². The van der Waals surface area contributed by atoms with E-state index < -0.39 is 22.7 Å². The van der Waals surface area contributed by atoms with Crippen molar-refractivity contribution in [1.29, 1.82) is 0 Å². The van der Waals surface area contributed by atoms with Crippen LogP contribution < -0.4 is 11.1 Å². The summed E-state index contributed by atoms with van der Waals surface area (Å²) in [5.74, 6) is -2.23. The van der Waals surface area contributed by atoms with Gasteiger partial charge in [-0.15, -0.1) is 0 Å². The number of amides is 3. The fraction of sp³-hybridized carbons (Fsp3) is 0.286. The molecule has 2 aliphatic rings. The molecule has 2 rings (SSSR count). The maximum Gasteiger partial charge on any atom is 0.280 e. The summed E-state index contributed by atoms with van der Waals surface area (Å²) in [6.45, 7) is 0.0322. The maximum absolute atomic E-state index is 11.4. The first-order valence-electron chi connectivity index (χ1n) is 3.75. The van der Waals surface area contributed by atoms with Crippen molar-refractivity contribution in [2.45, 2.75) is 4.93 Å². The Kier molecular flexibility index (Phi) is 1.86. The molecular formula is C7H6N2O4S. The van der Waals surface area contributed by atoms with Crippen molar-refractivity contribution in [1.82, 2.24) is 5.32 Å². The molecule has 1 unspecified atom stereocenters. The molecule has 0 aromatic rings. The number of imide groups is 1. The first-order chi connectivity index (χ1) is 6.56. The number of nitrogens with one attached hydrogen (secondary N) is 1. The molecule has 0 aromatic carbocycles. The van der Waals surface area contributed by atoms with Gasteiger partial charge in [-0.25, -0.2) is 0 Å². The minimum absolute atomic E-state index is 0.0322. The van der Waals surface area contributed by atoms with E-state index in [9.17, 15) is 14.4 Å². The summed E-state index contributed by atoms with van der Waals surface area (Å²) >= 11 is 0.748. The molecule has 0 aromatic heterocycles. The summed E-state index contributed by atoms with van der Waals surface area (Å²) < 4.78 is 5.01. The van der Waals surface area contributed by atoms with Gasteiger partial charge in [0.15, 0.2) is 0 Å². The van der Waals surface area contributed by atoms with Gasteiger partial charge in [-0.05, 0) is 6.08 Å². The van der Waals surface area contributed by atoms with E-state index in [1.165, 1.54) is 6.08 Å². The number of hydrogen-bond donors (Lipinski definition) is 2. The third-order valence-electron chi connectivity index (χ3n) is 1.88. The van der Waals surface area contributed by atoms with Crippen molar-refractivity contribution in [2.75, 3.05) is 6.61 Å².